The van der Waals surface area contributed by atoms with Crippen LogP contribution in [0.4, 0.5) is 11.5 Å². The van der Waals surface area contributed by atoms with E-state index in [1.807, 2.05) is 30.3 Å². The number of hydrogen-bond acceptors (Lipinski definition) is 9. The summed E-state index contributed by atoms with van der Waals surface area (Å²) in [6.45, 7) is -0.344. The van der Waals surface area contributed by atoms with Crippen molar-refractivity contribution in [2.75, 3.05) is 11.9 Å². The van der Waals surface area contributed by atoms with Crippen LogP contribution < -0.4 is 5.32 Å². The van der Waals surface area contributed by atoms with Crippen molar-refractivity contribution in [3.8, 4) is 0 Å². The smallest absolute Gasteiger partial charge is 0.387 e. The van der Waals surface area contributed by atoms with Crippen molar-refractivity contribution >= 4 is 30.9 Å². The molecule has 5 unspecified atom stereocenters. The molecule has 12 heteroatoms. The van der Waals surface area contributed by atoms with Gasteiger partial charge in [0.1, 0.15) is 31.2 Å². The van der Waals surface area contributed by atoms with Crippen LogP contribution in [-0.4, -0.2) is 59.5 Å². The molecule has 0 spiro atoms. The van der Waals surface area contributed by atoms with E-state index in [0.717, 1.165) is 5.69 Å². The molecule has 0 aliphatic carbocycles. The van der Waals surface area contributed by atoms with Crippen molar-refractivity contribution in [2.45, 2.75) is 24.5 Å². The van der Waals surface area contributed by atoms with E-state index in [1.165, 1.54) is 17.2 Å². The number of aliphatic hydroxyl groups excluding tert-OH is 2. The summed E-state index contributed by atoms with van der Waals surface area (Å²) in [5.41, 5.74) is 1.66. The van der Waals surface area contributed by atoms with E-state index in [0.29, 0.717) is 17.0 Å². The Morgan fingerprint density at radius 1 is 1.18 bits per heavy atom. The molecule has 11 nitrogen and oxygen atoms in total. The standard InChI is InChI=1S/C16H16N5O6P/c22-12-10(6-26-28(24)25)27-16(13(12)23)21-8-19-11-14(17-7-18-15(11)21)20-9-4-2-1-3-5-9/h1-5,7-8,10,12-13,16,22-23H,6H2,(H-,17,18,20,24,25)/p+1. The molecule has 0 amide bonds. The minimum absolute atomic E-state index is 0.344. The van der Waals surface area contributed by atoms with Gasteiger partial charge < -0.3 is 20.3 Å². The molecule has 28 heavy (non-hydrogen) atoms. The summed E-state index contributed by atoms with van der Waals surface area (Å²) in [5.74, 6) is 0.472. The van der Waals surface area contributed by atoms with Crippen LogP contribution >= 0.6 is 8.25 Å². The summed E-state index contributed by atoms with van der Waals surface area (Å²) in [6, 6.07) is 9.41. The molecule has 3 heterocycles. The topological polar surface area (TPSA) is 152 Å². The second-order valence-corrected chi connectivity index (χ2v) is 6.85. The largest absolute Gasteiger partial charge is 0.694 e. The van der Waals surface area contributed by atoms with Gasteiger partial charge >= 0.3 is 8.25 Å². The molecule has 1 saturated heterocycles. The van der Waals surface area contributed by atoms with Gasteiger partial charge in [0, 0.05) is 10.3 Å². The first kappa shape index (κ1) is 18.8. The predicted octanol–water partition coefficient (Wildman–Crippen LogP) is 0.855. The highest BCUT2D eigenvalue weighted by molar-refractivity contribution is 7.32. The molecule has 5 atom stereocenters. The summed E-state index contributed by atoms with van der Waals surface area (Å²) < 4.78 is 22.4. The Balaban J connectivity index is 1.61. The number of benzene rings is 1. The molecule has 0 bridgehead atoms. The van der Waals surface area contributed by atoms with Gasteiger partial charge in [-0.25, -0.2) is 15.0 Å². The minimum Gasteiger partial charge on any atom is -0.387 e. The van der Waals surface area contributed by atoms with Gasteiger partial charge in [0.25, 0.3) is 0 Å². The maximum Gasteiger partial charge on any atom is 0.694 e. The van der Waals surface area contributed by atoms with Gasteiger partial charge in [-0.1, -0.05) is 18.2 Å². The fraction of sp³-hybridized carbons (Fsp3) is 0.312. The van der Waals surface area contributed by atoms with Crippen molar-refractivity contribution in [1.29, 1.82) is 0 Å². The Kier molecular flexibility index (Phi) is 5.27. The number of nitrogens with one attached hydrogen (secondary N) is 1. The van der Waals surface area contributed by atoms with Crippen LogP contribution in [0.2, 0.25) is 0 Å². The van der Waals surface area contributed by atoms with Gasteiger partial charge in [0.05, 0.1) is 6.33 Å². The van der Waals surface area contributed by atoms with Crippen LogP contribution in [0.3, 0.4) is 0 Å². The van der Waals surface area contributed by atoms with Crippen LogP contribution in [0.5, 0.6) is 0 Å². The number of nitrogens with zero attached hydrogens (tertiary/aromatic N) is 4. The van der Waals surface area contributed by atoms with Crippen LogP contribution in [0, 0.1) is 0 Å². The lowest BCUT2D eigenvalue weighted by Crippen LogP contribution is -2.33. The summed E-state index contributed by atoms with van der Waals surface area (Å²) in [6.07, 6.45) is -1.81. The highest BCUT2D eigenvalue weighted by Crippen LogP contribution is 2.33. The number of anilines is 2. The molecule has 3 aromatic rings. The summed E-state index contributed by atoms with van der Waals surface area (Å²) in [7, 11) is -2.84. The van der Waals surface area contributed by atoms with E-state index in [-0.39, 0.29) is 6.61 Å². The molecular weight excluding hydrogens is 389 g/mol. The Labute approximate surface area is 159 Å². The van der Waals surface area contributed by atoms with Gasteiger partial charge in [-0.05, 0) is 12.1 Å². The van der Waals surface area contributed by atoms with Gasteiger partial charge in [-0.3, -0.25) is 4.57 Å². The molecule has 146 valence electrons. The lowest BCUT2D eigenvalue weighted by Gasteiger charge is -2.16. The number of hydrogen-bond donors (Lipinski definition) is 4. The molecule has 0 saturated carbocycles. The summed E-state index contributed by atoms with van der Waals surface area (Å²) >= 11 is 0. The number of imidazole rings is 1. The first-order chi connectivity index (χ1) is 13.5. The number of aliphatic hydroxyl groups is 2. The van der Waals surface area contributed by atoms with Crippen molar-refractivity contribution < 1.29 is 28.9 Å². The molecule has 1 aliphatic heterocycles. The Bertz CT molecular complexity index is 986. The second kappa shape index (κ2) is 7.84. The maximum atomic E-state index is 10.7. The number of rotatable bonds is 6. The first-order valence-corrected chi connectivity index (χ1v) is 9.48. The number of aromatic nitrogens is 4. The molecule has 1 aliphatic rings. The number of fused-ring (bicyclic) bond motifs is 1. The fourth-order valence-electron chi connectivity index (χ4n) is 3.02. The van der Waals surface area contributed by atoms with E-state index in [2.05, 4.69) is 24.8 Å². The quantitative estimate of drug-likeness (QED) is 0.434. The number of ether oxygens (including phenoxy) is 1. The van der Waals surface area contributed by atoms with Crippen LogP contribution in [-0.2, 0) is 13.8 Å². The highest BCUT2D eigenvalue weighted by atomic mass is 31.1. The fourth-order valence-corrected chi connectivity index (χ4v) is 3.30. The van der Waals surface area contributed by atoms with Gasteiger partial charge in [0.2, 0.25) is 0 Å². The minimum atomic E-state index is -2.84. The van der Waals surface area contributed by atoms with Gasteiger partial charge in [-0.2, -0.15) is 0 Å². The summed E-state index contributed by atoms with van der Waals surface area (Å²) in [5, 5.41) is 23.7. The van der Waals surface area contributed by atoms with E-state index in [1.54, 1.807) is 0 Å². The predicted molar refractivity (Wildman–Crippen MR) is 96.7 cm³/mol. The first-order valence-electron chi connectivity index (χ1n) is 8.35. The average Bonchev–Trinajstić information content (AvgIpc) is 3.24. The second-order valence-electron chi connectivity index (χ2n) is 6.12. The molecule has 1 fully saturated rings. The summed E-state index contributed by atoms with van der Waals surface area (Å²) in [4.78, 5) is 21.5. The van der Waals surface area contributed by atoms with Gasteiger partial charge in [-0.15, -0.1) is 9.42 Å². The highest BCUT2D eigenvalue weighted by Gasteiger charge is 2.45. The lowest BCUT2D eigenvalue weighted by molar-refractivity contribution is -0.0476. The van der Waals surface area contributed by atoms with E-state index < -0.39 is 32.8 Å². The van der Waals surface area contributed by atoms with Gasteiger partial charge in [0.15, 0.2) is 23.2 Å². The zero-order valence-electron chi connectivity index (χ0n) is 14.4. The van der Waals surface area contributed by atoms with Crippen LogP contribution in [0.15, 0.2) is 43.0 Å². The zero-order valence-corrected chi connectivity index (χ0v) is 15.3. The maximum absolute atomic E-state index is 10.7. The van der Waals surface area contributed by atoms with Crippen LogP contribution in [0.1, 0.15) is 6.23 Å². The van der Waals surface area contributed by atoms with Crippen molar-refractivity contribution in [1.82, 2.24) is 19.5 Å². The average molecular weight is 406 g/mol. The molecule has 0 radical (unpaired) electrons. The lowest BCUT2D eigenvalue weighted by atomic mass is 10.1. The third-order valence-electron chi connectivity index (χ3n) is 4.36. The van der Waals surface area contributed by atoms with Crippen molar-refractivity contribution in [3.05, 3.63) is 43.0 Å². The van der Waals surface area contributed by atoms with Crippen molar-refractivity contribution in [2.24, 2.45) is 0 Å². The molecular formula is C16H17N5O6P+. The van der Waals surface area contributed by atoms with E-state index in [4.69, 9.17) is 9.63 Å². The third-order valence-corrected chi connectivity index (χ3v) is 4.73. The SMILES string of the molecule is O=[P+](O)OCC1OC(n2cnc3c(Nc4ccccc4)ncnc32)C(O)C1O. The number of para-hydroxylation sites is 1. The Morgan fingerprint density at radius 2 is 1.96 bits per heavy atom. The van der Waals surface area contributed by atoms with Crippen LogP contribution in [0.25, 0.3) is 11.2 Å². The monoisotopic (exact) mass is 406 g/mol. The molecule has 2 aromatic heterocycles. The Hall–Kier alpha value is -2.53. The van der Waals surface area contributed by atoms with Crippen molar-refractivity contribution in [3.63, 3.8) is 0 Å². The molecule has 1 aromatic carbocycles. The zero-order chi connectivity index (χ0) is 19.7. The third kappa shape index (κ3) is 3.59. The normalized spacial score (nSPS) is 25.2. The van der Waals surface area contributed by atoms with E-state index >= 15 is 0 Å². The molecule has 4 N–H and O–H groups in total. The van der Waals surface area contributed by atoms with E-state index in [9.17, 15) is 14.8 Å². The molecule has 4 rings (SSSR count). The Morgan fingerprint density at radius 3 is 2.71 bits per heavy atom.